The Bertz CT molecular complexity index is 1920. The molecule has 0 unspecified atom stereocenters. The number of nitrogens with one attached hydrogen (secondary N) is 1. The van der Waals surface area contributed by atoms with Gasteiger partial charge in [0.05, 0.1) is 49.4 Å². The third kappa shape index (κ3) is 8.97. The fraction of sp³-hybridized carbons (Fsp3) is 0.265. The van der Waals surface area contributed by atoms with Crippen molar-refractivity contribution in [3.8, 4) is 5.75 Å². The molecule has 1 aliphatic heterocycles. The van der Waals surface area contributed by atoms with Crippen molar-refractivity contribution in [2.24, 2.45) is 4.99 Å². The van der Waals surface area contributed by atoms with Gasteiger partial charge >= 0.3 is 5.82 Å². The minimum absolute atomic E-state index is 0.0487. The van der Waals surface area contributed by atoms with Crippen molar-refractivity contribution < 1.29 is 18.9 Å². The Morgan fingerprint density at radius 3 is 2.70 bits per heavy atom. The first kappa shape index (κ1) is 33.6. The molecule has 0 bridgehead atoms. The molecule has 0 spiro atoms. The molecule has 3 heterocycles. The van der Waals surface area contributed by atoms with Crippen LogP contribution in [0.1, 0.15) is 31.0 Å². The molecule has 1 N–H and O–H groups in total. The molecule has 0 atom stereocenters. The molecule has 0 aliphatic carbocycles. The van der Waals surface area contributed by atoms with Crippen LogP contribution in [0.5, 0.6) is 5.75 Å². The van der Waals surface area contributed by atoms with Crippen molar-refractivity contribution in [1.82, 2.24) is 15.0 Å². The highest BCUT2D eigenvalue weighted by atomic mass is 35.5. The maximum absolute atomic E-state index is 12.9. The van der Waals surface area contributed by atoms with E-state index >= 15 is 0 Å². The summed E-state index contributed by atoms with van der Waals surface area (Å²) in [5.74, 6) is 0.898. The van der Waals surface area contributed by atoms with Gasteiger partial charge in [-0.05, 0) is 64.0 Å². The topological polar surface area (TPSA) is 132 Å². The molecule has 2 aromatic carbocycles. The second kappa shape index (κ2) is 14.8. The van der Waals surface area contributed by atoms with E-state index in [4.69, 9.17) is 27.9 Å². The van der Waals surface area contributed by atoms with Crippen molar-refractivity contribution in [3.63, 3.8) is 0 Å². The van der Waals surface area contributed by atoms with Crippen molar-refractivity contribution in [3.05, 3.63) is 116 Å². The molecule has 0 saturated heterocycles. The lowest BCUT2D eigenvalue weighted by molar-refractivity contribution is -0.880. The minimum atomic E-state index is -0.412. The zero-order valence-electron chi connectivity index (χ0n) is 26.2. The maximum atomic E-state index is 12.9. The van der Waals surface area contributed by atoms with E-state index < -0.39 is 4.92 Å². The van der Waals surface area contributed by atoms with Gasteiger partial charge in [0.2, 0.25) is 0 Å². The number of fused-ring (bicyclic) bond motifs is 1. The number of pyridine rings is 1. The standard InChI is InChI=1S/C34H34Cl2N7O4/c1-4-25-14-23(34(41-25)42(45)46)19-43(2,3)12-6-9-28(44)15-27-16-29-31(18-37-27)38-21-39-33(29)40-26-10-11-32(30(36)17-26)47-20-22-7-5-8-24(35)13-22/h5-11,13,16-18,21H,4,12,14-15,19-20H2,1-3H3,(H,38,39,40)/q+1/b9-6+. The summed E-state index contributed by atoms with van der Waals surface area (Å²) < 4.78 is 6.33. The Morgan fingerprint density at radius 2 is 1.96 bits per heavy atom. The summed E-state index contributed by atoms with van der Waals surface area (Å²) >= 11 is 12.6. The van der Waals surface area contributed by atoms with Crippen LogP contribution in [-0.2, 0) is 17.8 Å². The Balaban J connectivity index is 1.21. The number of aromatic nitrogens is 3. The van der Waals surface area contributed by atoms with Gasteiger partial charge in [0.1, 0.15) is 36.8 Å². The lowest BCUT2D eigenvalue weighted by atomic mass is 10.1. The number of likely N-dealkylation sites (N-methyl/N-ethyl adjacent to an activating group) is 1. The molecular weight excluding hydrogens is 641 g/mol. The number of quaternary nitrogens is 1. The second-order valence-electron chi connectivity index (χ2n) is 11.8. The molecule has 1 aliphatic rings. The molecule has 0 saturated carbocycles. The summed E-state index contributed by atoms with van der Waals surface area (Å²) in [6, 6.07) is 14.6. The highest BCUT2D eigenvalue weighted by Crippen LogP contribution is 2.31. The summed E-state index contributed by atoms with van der Waals surface area (Å²) in [6.45, 7) is 3.25. The van der Waals surface area contributed by atoms with Gasteiger partial charge in [0.15, 0.2) is 5.78 Å². The number of hydrogen-bond acceptors (Lipinski definition) is 9. The van der Waals surface area contributed by atoms with E-state index in [2.05, 4.69) is 25.3 Å². The molecule has 13 heteroatoms. The van der Waals surface area contributed by atoms with E-state index in [0.29, 0.717) is 86.5 Å². The van der Waals surface area contributed by atoms with E-state index in [0.717, 1.165) is 11.3 Å². The van der Waals surface area contributed by atoms with Gasteiger partial charge in [-0.2, -0.15) is 0 Å². The average Bonchev–Trinajstić information content (AvgIpc) is 3.43. The summed E-state index contributed by atoms with van der Waals surface area (Å²) in [4.78, 5) is 41.3. The fourth-order valence-corrected chi connectivity index (χ4v) is 5.65. The molecule has 0 fully saturated rings. The third-order valence-corrected chi connectivity index (χ3v) is 8.04. The van der Waals surface area contributed by atoms with Crippen LogP contribution in [-0.4, -0.2) is 63.0 Å². The Kier molecular flexibility index (Phi) is 10.6. The highest BCUT2D eigenvalue weighted by Gasteiger charge is 2.32. The number of benzene rings is 2. The van der Waals surface area contributed by atoms with Crippen LogP contribution in [0.4, 0.5) is 11.5 Å². The number of nitrogens with zero attached hydrogens (tertiary/aromatic N) is 6. The largest absolute Gasteiger partial charge is 0.487 e. The zero-order valence-corrected chi connectivity index (χ0v) is 27.8. The van der Waals surface area contributed by atoms with Crippen molar-refractivity contribution in [2.75, 3.05) is 32.5 Å². The van der Waals surface area contributed by atoms with Gasteiger partial charge in [0, 0.05) is 34.6 Å². The Labute approximate surface area is 282 Å². The van der Waals surface area contributed by atoms with E-state index in [9.17, 15) is 14.9 Å². The van der Waals surface area contributed by atoms with Crippen LogP contribution in [0, 0.1) is 10.1 Å². The number of carbonyl (C=O) groups excluding carboxylic acids is 1. The number of halogens is 2. The van der Waals surface area contributed by atoms with E-state index in [1.165, 1.54) is 12.4 Å². The summed E-state index contributed by atoms with van der Waals surface area (Å²) in [7, 11) is 3.94. The molecule has 2 aromatic heterocycles. The third-order valence-electron chi connectivity index (χ3n) is 7.51. The predicted octanol–water partition coefficient (Wildman–Crippen LogP) is 7.14. The molecule has 242 valence electrons. The average molecular weight is 676 g/mol. The Hall–Kier alpha value is -4.71. The first-order valence-corrected chi connectivity index (χ1v) is 15.7. The lowest BCUT2D eigenvalue weighted by Gasteiger charge is -2.28. The van der Waals surface area contributed by atoms with E-state index in [1.807, 2.05) is 45.3 Å². The molecular formula is C34H34Cl2N7O4+. The van der Waals surface area contributed by atoms with Gasteiger partial charge in [-0.15, -0.1) is 0 Å². The van der Waals surface area contributed by atoms with Gasteiger partial charge < -0.3 is 24.7 Å². The maximum Gasteiger partial charge on any atom is 0.368 e. The van der Waals surface area contributed by atoms with Crippen LogP contribution in [0.2, 0.25) is 10.0 Å². The van der Waals surface area contributed by atoms with Crippen molar-refractivity contribution in [1.29, 1.82) is 0 Å². The number of nitro groups is 1. The molecule has 0 radical (unpaired) electrons. The molecule has 5 rings (SSSR count). The van der Waals surface area contributed by atoms with Gasteiger partial charge in [0.25, 0.3) is 0 Å². The first-order valence-electron chi connectivity index (χ1n) is 15.0. The Morgan fingerprint density at radius 1 is 1.13 bits per heavy atom. The monoisotopic (exact) mass is 674 g/mol. The van der Waals surface area contributed by atoms with Crippen molar-refractivity contribution in [2.45, 2.75) is 32.8 Å². The fourth-order valence-electron chi connectivity index (χ4n) is 5.20. The molecule has 4 aromatic rings. The SMILES string of the molecule is CCC1=NC([N+](=O)[O-])=C(C[N+](C)(C)C/C=C/C(=O)Cc2cc3c(Nc4ccc(OCc5cccc(Cl)c5)c(Cl)c4)ncnc3cn2)C1. The number of hydrogen-bond donors (Lipinski definition) is 1. The smallest absolute Gasteiger partial charge is 0.368 e. The summed E-state index contributed by atoms with van der Waals surface area (Å²) in [5.41, 5.74) is 4.34. The summed E-state index contributed by atoms with van der Waals surface area (Å²) in [6.07, 6.45) is 7.67. The number of allylic oxidation sites excluding steroid dienone is 1. The predicted molar refractivity (Wildman–Crippen MR) is 184 cm³/mol. The van der Waals surface area contributed by atoms with Gasteiger partial charge in [-0.1, -0.05) is 42.3 Å². The van der Waals surface area contributed by atoms with Crippen LogP contribution in [0.15, 0.2) is 89.6 Å². The van der Waals surface area contributed by atoms with Crippen LogP contribution in [0.3, 0.4) is 0 Å². The zero-order chi connectivity index (χ0) is 33.6. The van der Waals surface area contributed by atoms with E-state index in [1.54, 1.807) is 36.5 Å². The molecule has 11 nitrogen and oxygen atoms in total. The van der Waals surface area contributed by atoms with Gasteiger partial charge in [-0.25, -0.2) is 9.97 Å². The molecule has 47 heavy (non-hydrogen) atoms. The van der Waals surface area contributed by atoms with Crippen LogP contribution in [0.25, 0.3) is 10.9 Å². The number of ketones is 1. The molecule has 0 amide bonds. The van der Waals surface area contributed by atoms with Crippen LogP contribution < -0.4 is 10.1 Å². The second-order valence-corrected chi connectivity index (χ2v) is 12.7. The number of carbonyl (C=O) groups is 1. The highest BCUT2D eigenvalue weighted by molar-refractivity contribution is 6.32. The number of anilines is 2. The van der Waals surface area contributed by atoms with Crippen LogP contribution >= 0.6 is 23.2 Å². The van der Waals surface area contributed by atoms with Gasteiger partial charge in [-0.3, -0.25) is 9.78 Å². The first-order chi connectivity index (χ1) is 22.5. The lowest BCUT2D eigenvalue weighted by Crippen LogP contribution is -2.41. The van der Waals surface area contributed by atoms with Crippen molar-refractivity contribution >= 4 is 57.1 Å². The minimum Gasteiger partial charge on any atom is -0.487 e. The number of ether oxygens (including phenoxy) is 1. The summed E-state index contributed by atoms with van der Waals surface area (Å²) in [5, 5.41) is 16.5. The quantitative estimate of drug-likeness (QED) is 0.0646. The normalized spacial score (nSPS) is 13.3. The van der Waals surface area contributed by atoms with E-state index in [-0.39, 0.29) is 18.0 Å². The number of rotatable bonds is 14. The number of aliphatic imine (C=N–C) groups is 1.